The van der Waals surface area contributed by atoms with Gasteiger partial charge in [-0.05, 0) is 48.2 Å². The number of likely N-dealkylation sites (N-methyl/N-ethyl adjacent to an activating group) is 1. The molecule has 2 aromatic rings. The van der Waals surface area contributed by atoms with E-state index < -0.39 is 0 Å². The molecule has 1 aliphatic carbocycles. The number of halogens is 1. The zero-order valence-corrected chi connectivity index (χ0v) is 16.0. The first-order valence-corrected chi connectivity index (χ1v) is 9.91. The van der Waals surface area contributed by atoms with Crippen LogP contribution in [0.4, 0.5) is 11.4 Å². The molecular formula is C18H24BrN5O. The van der Waals surface area contributed by atoms with Crippen LogP contribution in [-0.2, 0) is 4.79 Å². The number of hydrogen-bond acceptors (Lipinski definition) is 4. The number of hydrogen-bond donors (Lipinski definition) is 3. The average Bonchev–Trinajstić information content (AvgIpc) is 3.39. The molecule has 0 radical (unpaired) electrons. The maximum Gasteiger partial charge on any atom is 0.227 e. The molecule has 2 aliphatic rings. The van der Waals surface area contributed by atoms with Crippen molar-refractivity contribution in [1.82, 2.24) is 15.3 Å². The Morgan fingerprint density at radius 3 is 3.04 bits per heavy atom. The molecule has 2 aromatic heterocycles. The molecule has 7 heteroatoms. The summed E-state index contributed by atoms with van der Waals surface area (Å²) in [5.41, 5.74) is 2.77. The van der Waals surface area contributed by atoms with Crippen molar-refractivity contribution in [3.63, 3.8) is 0 Å². The molecule has 3 heterocycles. The van der Waals surface area contributed by atoms with Crippen molar-refractivity contribution in [2.45, 2.75) is 38.6 Å². The first-order valence-electron chi connectivity index (χ1n) is 9.12. The van der Waals surface area contributed by atoms with Gasteiger partial charge in [0, 0.05) is 37.4 Å². The summed E-state index contributed by atoms with van der Waals surface area (Å²) in [6.07, 6.45) is 8.06. The largest absolute Gasteiger partial charge is 0.368 e. The van der Waals surface area contributed by atoms with Crippen molar-refractivity contribution in [2.75, 3.05) is 29.9 Å². The van der Waals surface area contributed by atoms with Gasteiger partial charge < -0.3 is 20.5 Å². The Hall–Kier alpha value is -1.60. The third-order valence-corrected chi connectivity index (χ3v) is 5.65. The second kappa shape index (κ2) is 6.96. The number of aromatic nitrogens is 2. The minimum Gasteiger partial charge on any atom is -0.368 e. The molecule has 0 aromatic carbocycles. The quantitative estimate of drug-likeness (QED) is 0.713. The Morgan fingerprint density at radius 2 is 2.28 bits per heavy atom. The minimum atomic E-state index is 0.121. The van der Waals surface area contributed by atoms with E-state index in [9.17, 15) is 4.79 Å². The maximum absolute atomic E-state index is 12.2. The second-order valence-corrected chi connectivity index (χ2v) is 7.84. The molecule has 0 spiro atoms. The topological polar surface area (TPSA) is 73.1 Å². The van der Waals surface area contributed by atoms with Crippen molar-refractivity contribution >= 4 is 44.2 Å². The summed E-state index contributed by atoms with van der Waals surface area (Å²) in [5.74, 6) is 0.303. The lowest BCUT2D eigenvalue weighted by Crippen LogP contribution is -2.45. The summed E-state index contributed by atoms with van der Waals surface area (Å²) >= 11 is 3.69. The fourth-order valence-electron chi connectivity index (χ4n) is 3.68. The Kier molecular flexibility index (Phi) is 4.69. The Balaban J connectivity index is 1.70. The van der Waals surface area contributed by atoms with Crippen LogP contribution in [0.1, 0.15) is 32.6 Å². The number of nitrogens with one attached hydrogen (secondary N) is 3. The van der Waals surface area contributed by atoms with Crippen LogP contribution in [-0.4, -0.2) is 41.6 Å². The normalized spacial score (nSPS) is 20.9. The second-order valence-electron chi connectivity index (χ2n) is 6.99. The van der Waals surface area contributed by atoms with E-state index in [1.807, 2.05) is 12.4 Å². The van der Waals surface area contributed by atoms with Crippen LogP contribution in [0.2, 0.25) is 0 Å². The SMILES string of the molecule is CCNC1CCCN(c2c(Br)cnc3[nH]cc(NC(=O)C4CC4)c23)C1. The van der Waals surface area contributed by atoms with Crippen LogP contribution in [0.15, 0.2) is 16.9 Å². The molecule has 1 unspecified atom stereocenters. The third kappa shape index (κ3) is 3.40. The van der Waals surface area contributed by atoms with Crippen LogP contribution in [0, 0.1) is 5.92 Å². The molecule has 25 heavy (non-hydrogen) atoms. The maximum atomic E-state index is 12.2. The number of H-pyrrole nitrogens is 1. The molecule has 1 amide bonds. The van der Waals surface area contributed by atoms with Crippen molar-refractivity contribution in [3.8, 4) is 0 Å². The number of anilines is 2. The van der Waals surface area contributed by atoms with Gasteiger partial charge in [0.05, 0.1) is 21.2 Å². The molecule has 0 bridgehead atoms. The van der Waals surface area contributed by atoms with Crippen molar-refractivity contribution in [2.24, 2.45) is 5.92 Å². The standard InChI is InChI=1S/C18H24BrN5O/c1-2-20-12-4-3-7-24(10-12)16-13(19)8-21-17-15(16)14(9-22-17)23-18(25)11-5-6-11/h8-9,11-12,20H,2-7,10H2,1H3,(H,21,22)(H,23,25). The summed E-state index contributed by atoms with van der Waals surface area (Å²) in [6, 6.07) is 0.498. The summed E-state index contributed by atoms with van der Waals surface area (Å²) < 4.78 is 0.971. The van der Waals surface area contributed by atoms with E-state index in [1.54, 1.807) is 0 Å². The molecule has 1 aliphatic heterocycles. The summed E-state index contributed by atoms with van der Waals surface area (Å²) in [5, 5.41) is 7.66. The van der Waals surface area contributed by atoms with Crippen LogP contribution in [0.25, 0.3) is 11.0 Å². The van der Waals surface area contributed by atoms with Gasteiger partial charge in [0.1, 0.15) is 5.65 Å². The molecule has 3 N–H and O–H groups in total. The lowest BCUT2D eigenvalue weighted by atomic mass is 10.0. The number of carbonyl (C=O) groups is 1. The summed E-state index contributed by atoms with van der Waals surface area (Å²) in [7, 11) is 0. The monoisotopic (exact) mass is 405 g/mol. The number of nitrogens with zero attached hydrogens (tertiary/aromatic N) is 2. The van der Waals surface area contributed by atoms with Crippen LogP contribution >= 0.6 is 15.9 Å². The van der Waals surface area contributed by atoms with E-state index in [-0.39, 0.29) is 11.8 Å². The van der Waals surface area contributed by atoms with E-state index in [2.05, 4.69) is 48.4 Å². The van der Waals surface area contributed by atoms with Crippen molar-refractivity contribution in [3.05, 3.63) is 16.9 Å². The predicted molar refractivity (Wildman–Crippen MR) is 104 cm³/mol. The molecule has 1 saturated heterocycles. The smallest absolute Gasteiger partial charge is 0.227 e. The van der Waals surface area contributed by atoms with Crippen LogP contribution < -0.4 is 15.5 Å². The van der Waals surface area contributed by atoms with Gasteiger partial charge in [0.15, 0.2) is 0 Å². The van der Waals surface area contributed by atoms with Crippen LogP contribution in [0.3, 0.4) is 0 Å². The van der Waals surface area contributed by atoms with E-state index in [1.165, 1.54) is 6.42 Å². The number of carbonyl (C=O) groups excluding carboxylic acids is 1. The zero-order valence-electron chi connectivity index (χ0n) is 14.4. The Bertz CT molecular complexity index is 783. The highest BCUT2D eigenvalue weighted by molar-refractivity contribution is 9.10. The Labute approximate surface area is 155 Å². The first kappa shape index (κ1) is 16.8. The third-order valence-electron chi connectivity index (χ3n) is 5.07. The number of piperidine rings is 1. The predicted octanol–water partition coefficient (Wildman–Crippen LogP) is 3.25. The van der Waals surface area contributed by atoms with Gasteiger partial charge in [0.25, 0.3) is 0 Å². The van der Waals surface area contributed by atoms with E-state index in [0.717, 1.165) is 65.8 Å². The average molecular weight is 406 g/mol. The highest BCUT2D eigenvalue weighted by atomic mass is 79.9. The van der Waals surface area contributed by atoms with Gasteiger partial charge in [-0.15, -0.1) is 0 Å². The molecule has 4 rings (SSSR count). The number of pyridine rings is 1. The number of rotatable bonds is 5. The van der Waals surface area contributed by atoms with Gasteiger partial charge in [-0.1, -0.05) is 6.92 Å². The molecule has 6 nitrogen and oxygen atoms in total. The van der Waals surface area contributed by atoms with Gasteiger partial charge >= 0.3 is 0 Å². The molecule has 1 saturated carbocycles. The Morgan fingerprint density at radius 1 is 1.44 bits per heavy atom. The lowest BCUT2D eigenvalue weighted by molar-refractivity contribution is -0.117. The summed E-state index contributed by atoms with van der Waals surface area (Å²) in [4.78, 5) is 22.3. The highest BCUT2D eigenvalue weighted by Gasteiger charge is 2.31. The molecule has 2 fully saturated rings. The zero-order chi connectivity index (χ0) is 17.4. The van der Waals surface area contributed by atoms with E-state index in [4.69, 9.17) is 0 Å². The van der Waals surface area contributed by atoms with Gasteiger partial charge in [-0.2, -0.15) is 0 Å². The van der Waals surface area contributed by atoms with E-state index >= 15 is 0 Å². The molecular weight excluding hydrogens is 382 g/mol. The number of aromatic amines is 1. The highest BCUT2D eigenvalue weighted by Crippen LogP contribution is 2.39. The van der Waals surface area contributed by atoms with Gasteiger partial charge in [-0.25, -0.2) is 4.98 Å². The minimum absolute atomic E-state index is 0.121. The van der Waals surface area contributed by atoms with E-state index in [0.29, 0.717) is 6.04 Å². The van der Waals surface area contributed by atoms with Gasteiger partial charge in [0.2, 0.25) is 5.91 Å². The lowest BCUT2D eigenvalue weighted by Gasteiger charge is -2.35. The fourth-order valence-corrected chi connectivity index (χ4v) is 4.23. The molecule has 1 atom stereocenters. The first-order chi connectivity index (χ1) is 12.2. The van der Waals surface area contributed by atoms with Crippen molar-refractivity contribution < 1.29 is 4.79 Å². The number of amides is 1. The van der Waals surface area contributed by atoms with Crippen LogP contribution in [0.5, 0.6) is 0 Å². The van der Waals surface area contributed by atoms with Crippen molar-refractivity contribution in [1.29, 1.82) is 0 Å². The fraction of sp³-hybridized carbons (Fsp3) is 0.556. The summed E-state index contributed by atoms with van der Waals surface area (Å²) in [6.45, 7) is 5.11. The number of fused-ring (bicyclic) bond motifs is 1. The molecule has 134 valence electrons. The van der Waals surface area contributed by atoms with Gasteiger partial charge in [-0.3, -0.25) is 4.79 Å².